The molecule has 0 N–H and O–H groups in total. The summed E-state index contributed by atoms with van der Waals surface area (Å²) in [4.78, 5) is 9.67. The van der Waals surface area contributed by atoms with Gasteiger partial charge in [0.2, 0.25) is 5.82 Å². The molecule has 1 heterocycles. The summed E-state index contributed by atoms with van der Waals surface area (Å²) < 4.78 is 13.3. The number of hydrogen-bond acceptors (Lipinski definition) is 3. The van der Waals surface area contributed by atoms with Crippen molar-refractivity contribution in [2.45, 2.75) is 18.6 Å². The Kier molecular flexibility index (Phi) is 2.61. The van der Waals surface area contributed by atoms with Crippen molar-refractivity contribution in [2.24, 2.45) is 0 Å². The first kappa shape index (κ1) is 10.6. The van der Waals surface area contributed by atoms with E-state index in [9.17, 15) is 14.5 Å². The van der Waals surface area contributed by atoms with Crippen LogP contribution in [0.5, 0.6) is 0 Å². The zero-order chi connectivity index (χ0) is 11.7. The van der Waals surface area contributed by atoms with Gasteiger partial charge in [0.1, 0.15) is 0 Å². The lowest BCUT2D eigenvalue weighted by molar-refractivity contribution is -0.387. The van der Waals surface area contributed by atoms with Gasteiger partial charge in [-0.1, -0.05) is 18.7 Å². The van der Waals surface area contributed by atoms with Crippen LogP contribution in [0.4, 0.5) is 10.1 Å². The lowest BCUT2D eigenvalue weighted by atomic mass is 9.32. The van der Waals surface area contributed by atoms with Crippen molar-refractivity contribution in [3.8, 4) is 5.97 Å². The molecule has 0 radical (unpaired) electrons. The van der Waals surface area contributed by atoms with Gasteiger partial charge in [-0.15, -0.1) is 0 Å². The lowest BCUT2D eigenvalue weighted by Crippen LogP contribution is -2.28. The highest BCUT2D eigenvalue weighted by Gasteiger charge is 2.34. The van der Waals surface area contributed by atoms with Gasteiger partial charge in [-0.25, -0.2) is 5.26 Å². The van der Waals surface area contributed by atoms with E-state index in [1.165, 1.54) is 12.1 Å². The highest BCUT2D eigenvalue weighted by Crippen LogP contribution is 2.38. The second kappa shape index (κ2) is 3.93. The molecule has 0 bridgehead atoms. The number of nitro groups is 1. The Morgan fingerprint density at radius 2 is 2.25 bits per heavy atom. The van der Waals surface area contributed by atoms with Crippen molar-refractivity contribution in [1.82, 2.24) is 0 Å². The van der Waals surface area contributed by atoms with E-state index in [0.717, 1.165) is 5.56 Å². The van der Waals surface area contributed by atoms with Crippen LogP contribution in [-0.4, -0.2) is 11.6 Å². The maximum atomic E-state index is 13.3. The normalized spacial score (nSPS) is 15.4. The van der Waals surface area contributed by atoms with Crippen molar-refractivity contribution in [1.29, 1.82) is 5.26 Å². The first-order valence-electron chi connectivity index (χ1n) is 4.95. The largest absolute Gasteiger partial charge is 0.304 e. The summed E-state index contributed by atoms with van der Waals surface area (Å²) in [5.74, 6) is 1.51. The molecule has 80 valence electrons. The van der Waals surface area contributed by atoms with E-state index >= 15 is 0 Å². The fourth-order valence-corrected chi connectivity index (χ4v) is 1.92. The van der Waals surface area contributed by atoms with Crippen LogP contribution in [0.1, 0.15) is 11.5 Å². The number of hydrogen-bond donors (Lipinski definition) is 0. The van der Waals surface area contributed by atoms with E-state index in [1.54, 1.807) is 6.07 Å². The van der Waals surface area contributed by atoms with Gasteiger partial charge in [-0.2, -0.15) is 4.39 Å². The molecular weight excluding hydrogens is 210 g/mol. The zero-order valence-corrected chi connectivity index (χ0v) is 8.39. The molecule has 1 aliphatic heterocycles. The molecule has 1 fully saturated rings. The third-order valence-corrected chi connectivity index (χ3v) is 2.96. The van der Waals surface area contributed by atoms with E-state index in [-0.39, 0.29) is 12.6 Å². The summed E-state index contributed by atoms with van der Waals surface area (Å²) in [5, 5.41) is 19.0. The third kappa shape index (κ3) is 1.76. The number of benzene rings is 1. The molecule has 0 spiro atoms. The minimum Gasteiger partial charge on any atom is -0.258 e. The standard InChI is InChI=1S/C10H8BFN2O2/c12-9-3-7(1-2-10(9)14(15)16)8-4-11(5-8)6-13/h1-3,8H,4-5H2. The van der Waals surface area contributed by atoms with Crippen molar-refractivity contribution in [2.75, 3.05) is 0 Å². The van der Waals surface area contributed by atoms with Gasteiger partial charge < -0.3 is 0 Å². The average molecular weight is 218 g/mol. The van der Waals surface area contributed by atoms with Crippen LogP contribution in [0.3, 0.4) is 0 Å². The number of halogens is 1. The molecule has 0 aliphatic carbocycles. The molecule has 0 saturated carbocycles. The predicted molar refractivity (Wildman–Crippen MR) is 56.8 cm³/mol. The summed E-state index contributed by atoms with van der Waals surface area (Å²) in [7, 11) is 0. The second-order valence-electron chi connectivity index (χ2n) is 3.96. The van der Waals surface area contributed by atoms with Gasteiger partial charge in [-0.3, -0.25) is 10.1 Å². The predicted octanol–water partition coefficient (Wildman–Crippen LogP) is 2.39. The van der Waals surface area contributed by atoms with E-state index < -0.39 is 16.4 Å². The van der Waals surface area contributed by atoms with Crippen LogP contribution in [0.25, 0.3) is 0 Å². The topological polar surface area (TPSA) is 66.9 Å². The average Bonchev–Trinajstić information content (AvgIpc) is 2.15. The molecule has 0 aromatic heterocycles. The van der Waals surface area contributed by atoms with Crippen LogP contribution < -0.4 is 0 Å². The Morgan fingerprint density at radius 1 is 1.56 bits per heavy atom. The maximum Gasteiger partial charge on any atom is 0.304 e. The van der Waals surface area contributed by atoms with E-state index in [2.05, 4.69) is 5.97 Å². The van der Waals surface area contributed by atoms with Crippen LogP contribution in [0.15, 0.2) is 18.2 Å². The van der Waals surface area contributed by atoms with Crippen LogP contribution in [0, 0.1) is 27.2 Å². The Hall–Kier alpha value is -1.90. The van der Waals surface area contributed by atoms with Gasteiger partial charge in [0.05, 0.1) is 4.92 Å². The first-order valence-corrected chi connectivity index (χ1v) is 4.95. The monoisotopic (exact) mass is 218 g/mol. The number of nitrogens with zero attached hydrogens (tertiary/aromatic N) is 2. The number of nitro benzene ring substituents is 1. The molecule has 0 amide bonds. The van der Waals surface area contributed by atoms with E-state index in [1.807, 2.05) is 0 Å². The van der Waals surface area contributed by atoms with Crippen LogP contribution >= 0.6 is 0 Å². The summed E-state index contributed by atoms with van der Waals surface area (Å²) in [6, 6.07) is 3.96. The minimum atomic E-state index is -0.803. The summed E-state index contributed by atoms with van der Waals surface area (Å²) in [6.07, 6.45) is 1.43. The summed E-state index contributed by atoms with van der Waals surface area (Å²) in [6.45, 7) is 0.0447. The van der Waals surface area contributed by atoms with Crippen molar-refractivity contribution < 1.29 is 9.31 Å². The molecule has 16 heavy (non-hydrogen) atoms. The van der Waals surface area contributed by atoms with Crippen LogP contribution in [0.2, 0.25) is 12.6 Å². The molecule has 4 nitrogen and oxygen atoms in total. The molecule has 0 atom stereocenters. The van der Waals surface area contributed by atoms with Crippen molar-refractivity contribution in [3.63, 3.8) is 0 Å². The Labute approximate surface area is 91.9 Å². The summed E-state index contributed by atoms with van der Waals surface area (Å²) >= 11 is 0. The molecule has 1 saturated heterocycles. The fourth-order valence-electron chi connectivity index (χ4n) is 1.92. The Balaban J connectivity index is 2.17. The third-order valence-electron chi connectivity index (χ3n) is 2.96. The molecule has 1 aliphatic rings. The summed E-state index contributed by atoms with van der Waals surface area (Å²) in [5.41, 5.74) is 0.245. The van der Waals surface area contributed by atoms with E-state index in [4.69, 9.17) is 5.26 Å². The highest BCUT2D eigenvalue weighted by molar-refractivity contribution is 6.70. The van der Waals surface area contributed by atoms with E-state index in [0.29, 0.717) is 12.6 Å². The Morgan fingerprint density at radius 3 is 2.75 bits per heavy atom. The molecule has 0 unspecified atom stereocenters. The molecular formula is C10H8BFN2O2. The SMILES string of the molecule is N#CB1CC(c2ccc([N+](=O)[O-])c(F)c2)C1. The molecule has 6 heteroatoms. The first-order chi connectivity index (χ1) is 7.61. The smallest absolute Gasteiger partial charge is 0.258 e. The maximum absolute atomic E-state index is 13.3. The molecule has 1 aromatic rings. The number of rotatable bonds is 2. The van der Waals surface area contributed by atoms with Gasteiger partial charge in [0.25, 0.3) is 6.71 Å². The second-order valence-corrected chi connectivity index (χ2v) is 3.96. The zero-order valence-electron chi connectivity index (χ0n) is 8.39. The molecule has 2 rings (SSSR count). The van der Waals surface area contributed by atoms with Gasteiger partial charge >= 0.3 is 5.69 Å². The molecule has 1 aromatic carbocycles. The highest BCUT2D eigenvalue weighted by atomic mass is 19.1. The lowest BCUT2D eigenvalue weighted by Gasteiger charge is -2.28. The van der Waals surface area contributed by atoms with Gasteiger partial charge in [-0.05, 0) is 17.5 Å². The Bertz CT molecular complexity index is 480. The quantitative estimate of drug-likeness (QED) is 0.434. The van der Waals surface area contributed by atoms with Gasteiger partial charge in [0.15, 0.2) is 0 Å². The fraction of sp³-hybridized carbons (Fsp3) is 0.300. The minimum absolute atomic E-state index is 0.0447. The van der Waals surface area contributed by atoms with Crippen molar-refractivity contribution >= 4 is 12.4 Å². The number of nitriles is 1. The van der Waals surface area contributed by atoms with Gasteiger partial charge in [0, 0.05) is 12.0 Å². The van der Waals surface area contributed by atoms with Crippen molar-refractivity contribution in [3.05, 3.63) is 39.7 Å². The van der Waals surface area contributed by atoms with Crippen LogP contribution in [-0.2, 0) is 0 Å².